The highest BCUT2D eigenvalue weighted by molar-refractivity contribution is 7.90. The van der Waals surface area contributed by atoms with Crippen LogP contribution in [0.5, 0.6) is 0 Å². The third kappa shape index (κ3) is 4.29. The molecule has 1 saturated heterocycles. The Bertz CT molecular complexity index is 442. The molecule has 0 aliphatic carbocycles. The molecule has 2 amide bonds. The van der Waals surface area contributed by atoms with Crippen molar-refractivity contribution in [1.29, 1.82) is 0 Å². The largest absolute Gasteiger partial charge is 0.342 e. The summed E-state index contributed by atoms with van der Waals surface area (Å²) in [4.78, 5) is 25.1. The first-order valence-electron chi connectivity index (χ1n) is 5.90. The van der Waals surface area contributed by atoms with Crippen LogP contribution in [0.2, 0.25) is 0 Å². The molecule has 0 unspecified atom stereocenters. The number of nitrogens with one attached hydrogen (secondary N) is 1. The third-order valence-corrected chi connectivity index (χ3v) is 3.86. The third-order valence-electron chi connectivity index (χ3n) is 2.83. The summed E-state index contributed by atoms with van der Waals surface area (Å²) < 4.78 is 22.1. The van der Waals surface area contributed by atoms with E-state index in [1.54, 1.807) is 18.7 Å². The summed E-state index contributed by atoms with van der Waals surface area (Å²) in [6, 6.07) is 0. The Morgan fingerprint density at radius 1 is 1.33 bits per heavy atom. The van der Waals surface area contributed by atoms with Gasteiger partial charge >= 0.3 is 0 Å². The molecule has 0 bridgehead atoms. The fourth-order valence-electron chi connectivity index (χ4n) is 1.93. The number of hydrogen-bond acceptors (Lipinski definition) is 4. The number of carbonyl (C=O) groups excluding carboxylic acids is 2. The zero-order chi connectivity index (χ0) is 14.0. The van der Waals surface area contributed by atoms with Gasteiger partial charge in [0, 0.05) is 25.8 Å². The van der Waals surface area contributed by atoms with Gasteiger partial charge in [-0.15, -0.1) is 0 Å². The van der Waals surface area contributed by atoms with E-state index in [9.17, 15) is 18.0 Å². The van der Waals surface area contributed by atoms with E-state index >= 15 is 0 Å². The SMILES string of the molecule is CC1(C)NC(=O)CCN(CCCS(C)(=O)=O)C1=O. The zero-order valence-electron chi connectivity index (χ0n) is 11.0. The van der Waals surface area contributed by atoms with Gasteiger partial charge in [0.15, 0.2) is 0 Å². The van der Waals surface area contributed by atoms with Crippen molar-refractivity contribution < 1.29 is 18.0 Å². The van der Waals surface area contributed by atoms with Gasteiger partial charge in [0.05, 0.1) is 5.75 Å². The summed E-state index contributed by atoms with van der Waals surface area (Å²) in [5.74, 6) is -0.265. The first-order chi connectivity index (χ1) is 8.12. The maximum atomic E-state index is 12.1. The molecule has 6 nitrogen and oxygen atoms in total. The molecule has 1 fully saturated rings. The molecule has 0 saturated carbocycles. The Labute approximate surface area is 108 Å². The first kappa shape index (κ1) is 14.9. The molecule has 1 heterocycles. The van der Waals surface area contributed by atoms with Gasteiger partial charge in [-0.1, -0.05) is 0 Å². The summed E-state index contributed by atoms with van der Waals surface area (Å²) in [6.45, 7) is 4.02. The van der Waals surface area contributed by atoms with E-state index < -0.39 is 15.4 Å². The van der Waals surface area contributed by atoms with Gasteiger partial charge < -0.3 is 10.2 Å². The van der Waals surface area contributed by atoms with Crippen LogP contribution in [0.15, 0.2) is 0 Å². The molecule has 104 valence electrons. The molecule has 0 aromatic carbocycles. The minimum absolute atomic E-state index is 0.0542. The lowest BCUT2D eigenvalue weighted by atomic mass is 10.0. The Morgan fingerprint density at radius 3 is 2.50 bits per heavy atom. The molecule has 1 rings (SSSR count). The second-order valence-electron chi connectivity index (χ2n) is 5.20. The van der Waals surface area contributed by atoms with Crippen molar-refractivity contribution >= 4 is 21.7 Å². The second-order valence-corrected chi connectivity index (χ2v) is 7.46. The van der Waals surface area contributed by atoms with Crippen molar-refractivity contribution in [3.8, 4) is 0 Å². The minimum Gasteiger partial charge on any atom is -0.342 e. The van der Waals surface area contributed by atoms with Crippen LogP contribution >= 0.6 is 0 Å². The second kappa shape index (κ2) is 5.26. The molecular formula is C11H20N2O4S. The summed E-state index contributed by atoms with van der Waals surface area (Å²) >= 11 is 0. The summed E-state index contributed by atoms with van der Waals surface area (Å²) in [6.07, 6.45) is 1.83. The average Bonchev–Trinajstić information content (AvgIpc) is 2.27. The number of rotatable bonds is 4. The van der Waals surface area contributed by atoms with Crippen LogP contribution in [0.1, 0.15) is 26.7 Å². The van der Waals surface area contributed by atoms with Crippen molar-refractivity contribution in [3.63, 3.8) is 0 Å². The fraction of sp³-hybridized carbons (Fsp3) is 0.818. The molecule has 1 N–H and O–H groups in total. The van der Waals surface area contributed by atoms with Crippen LogP contribution < -0.4 is 5.32 Å². The maximum absolute atomic E-state index is 12.1. The zero-order valence-corrected chi connectivity index (χ0v) is 11.8. The van der Waals surface area contributed by atoms with E-state index in [-0.39, 0.29) is 24.0 Å². The monoisotopic (exact) mass is 276 g/mol. The highest BCUT2D eigenvalue weighted by atomic mass is 32.2. The summed E-state index contributed by atoms with van der Waals surface area (Å²) in [5, 5.41) is 2.66. The van der Waals surface area contributed by atoms with Crippen LogP contribution in [0.25, 0.3) is 0 Å². The van der Waals surface area contributed by atoms with Crippen molar-refractivity contribution in [2.45, 2.75) is 32.2 Å². The topological polar surface area (TPSA) is 83.6 Å². The predicted molar refractivity (Wildman–Crippen MR) is 67.7 cm³/mol. The molecule has 7 heteroatoms. The normalized spacial score (nSPS) is 20.5. The number of sulfone groups is 1. The van der Waals surface area contributed by atoms with Gasteiger partial charge in [0.2, 0.25) is 11.8 Å². The van der Waals surface area contributed by atoms with Gasteiger partial charge in [0.25, 0.3) is 0 Å². The van der Waals surface area contributed by atoms with Crippen molar-refractivity contribution in [2.24, 2.45) is 0 Å². The van der Waals surface area contributed by atoms with Crippen LogP contribution in [0.4, 0.5) is 0 Å². The number of nitrogens with zero attached hydrogens (tertiary/aromatic N) is 1. The Hall–Kier alpha value is -1.11. The molecule has 0 atom stereocenters. The van der Waals surface area contributed by atoms with Crippen molar-refractivity contribution in [2.75, 3.05) is 25.1 Å². The lowest BCUT2D eigenvalue weighted by Crippen LogP contribution is -2.53. The standard InChI is InChI=1S/C11H20N2O4S/c1-11(2)10(15)13(7-5-9(14)12-11)6-4-8-18(3,16)17/h4-8H2,1-3H3,(H,12,14). The molecule has 18 heavy (non-hydrogen) atoms. The highest BCUT2D eigenvalue weighted by Crippen LogP contribution is 2.13. The smallest absolute Gasteiger partial charge is 0.247 e. The quantitative estimate of drug-likeness (QED) is 0.753. The molecule has 1 aliphatic heterocycles. The summed E-state index contributed by atoms with van der Waals surface area (Å²) in [5.41, 5.74) is -0.918. The minimum atomic E-state index is -3.01. The van der Waals surface area contributed by atoms with E-state index in [0.717, 1.165) is 0 Å². The Kier molecular flexibility index (Phi) is 4.37. The van der Waals surface area contributed by atoms with Crippen LogP contribution in [0.3, 0.4) is 0 Å². The maximum Gasteiger partial charge on any atom is 0.247 e. The first-order valence-corrected chi connectivity index (χ1v) is 7.96. The van der Waals surface area contributed by atoms with Crippen molar-refractivity contribution in [1.82, 2.24) is 10.2 Å². The average molecular weight is 276 g/mol. The lowest BCUT2D eigenvalue weighted by molar-refractivity contribution is -0.137. The van der Waals surface area contributed by atoms with Crippen molar-refractivity contribution in [3.05, 3.63) is 0 Å². The van der Waals surface area contributed by atoms with Gasteiger partial charge in [-0.25, -0.2) is 8.42 Å². The molecule has 1 aliphatic rings. The predicted octanol–water partition coefficient (Wildman–Crippen LogP) is -0.452. The van der Waals surface area contributed by atoms with E-state index in [4.69, 9.17) is 0 Å². The van der Waals surface area contributed by atoms with Crippen LogP contribution in [-0.4, -0.2) is 55.8 Å². The molecule has 0 spiro atoms. The molecular weight excluding hydrogens is 256 g/mol. The van der Waals surface area contributed by atoms with Gasteiger partial charge in [-0.3, -0.25) is 9.59 Å². The van der Waals surface area contributed by atoms with Gasteiger partial charge in [-0.05, 0) is 20.3 Å². The van der Waals surface area contributed by atoms with Gasteiger partial charge in [-0.2, -0.15) is 0 Å². The molecule has 0 aromatic heterocycles. The van der Waals surface area contributed by atoms with E-state index in [1.165, 1.54) is 6.26 Å². The Morgan fingerprint density at radius 2 is 1.94 bits per heavy atom. The number of carbonyl (C=O) groups is 2. The Balaban J connectivity index is 2.64. The van der Waals surface area contributed by atoms with Crippen LogP contribution in [-0.2, 0) is 19.4 Å². The highest BCUT2D eigenvalue weighted by Gasteiger charge is 2.36. The van der Waals surface area contributed by atoms with E-state index in [2.05, 4.69) is 5.32 Å². The molecule has 0 aromatic rings. The lowest BCUT2D eigenvalue weighted by Gasteiger charge is -2.28. The molecule has 0 radical (unpaired) electrons. The number of hydrogen-bond donors (Lipinski definition) is 1. The fourth-order valence-corrected chi connectivity index (χ4v) is 2.58. The van der Waals surface area contributed by atoms with E-state index in [0.29, 0.717) is 19.5 Å². The number of amides is 2. The van der Waals surface area contributed by atoms with Gasteiger partial charge in [0.1, 0.15) is 15.4 Å². The van der Waals surface area contributed by atoms with E-state index in [1.807, 2.05) is 0 Å². The van der Waals surface area contributed by atoms with Crippen LogP contribution in [0, 0.1) is 0 Å². The summed E-state index contributed by atoms with van der Waals surface area (Å²) in [7, 11) is -3.01.